The molecular weight excluding hydrogens is 194 g/mol. The molecule has 0 saturated carbocycles. The fourth-order valence-corrected chi connectivity index (χ4v) is 1.60. The number of ether oxygens (including phenoxy) is 2. The Labute approximate surface area is 91.3 Å². The third-order valence-corrected chi connectivity index (χ3v) is 2.42. The van der Waals surface area contributed by atoms with Crippen LogP contribution in [0, 0.1) is 0 Å². The lowest BCUT2D eigenvalue weighted by Crippen LogP contribution is -2.41. The Morgan fingerprint density at radius 2 is 2.20 bits per heavy atom. The summed E-state index contributed by atoms with van der Waals surface area (Å²) in [4.78, 5) is 11.5. The number of carbonyl (C=O) groups is 1. The van der Waals surface area contributed by atoms with Crippen LogP contribution in [0.5, 0.6) is 0 Å². The highest BCUT2D eigenvalue weighted by atomic mass is 16.6. The van der Waals surface area contributed by atoms with Crippen molar-refractivity contribution in [2.75, 3.05) is 26.4 Å². The molecule has 4 heteroatoms. The molecule has 1 rings (SSSR count). The molecule has 1 aliphatic heterocycles. The minimum atomic E-state index is -0.130. The predicted octanol–water partition coefficient (Wildman–Crippen LogP) is 1.10. The predicted molar refractivity (Wildman–Crippen MR) is 57.7 cm³/mol. The first-order chi connectivity index (χ1) is 7.34. The molecular formula is C11H21NO3. The number of piperidine rings is 1. The van der Waals surface area contributed by atoms with Crippen molar-refractivity contribution >= 4 is 5.97 Å². The highest BCUT2D eigenvalue weighted by molar-refractivity contribution is 5.75. The van der Waals surface area contributed by atoms with Crippen molar-refractivity contribution in [1.29, 1.82) is 0 Å². The van der Waals surface area contributed by atoms with Gasteiger partial charge in [-0.3, -0.25) is 4.79 Å². The first-order valence-electron chi connectivity index (χ1n) is 5.82. The highest BCUT2D eigenvalue weighted by Gasteiger charge is 2.21. The average molecular weight is 215 g/mol. The lowest BCUT2D eigenvalue weighted by atomic mass is 10.1. The van der Waals surface area contributed by atoms with E-state index in [0.29, 0.717) is 13.2 Å². The highest BCUT2D eigenvalue weighted by Crippen LogP contribution is 2.07. The molecule has 0 aromatic heterocycles. The summed E-state index contributed by atoms with van der Waals surface area (Å²) in [5, 5.41) is 3.16. The summed E-state index contributed by atoms with van der Waals surface area (Å²) in [6.45, 7) is 4.59. The van der Waals surface area contributed by atoms with E-state index < -0.39 is 0 Å². The van der Waals surface area contributed by atoms with Gasteiger partial charge in [-0.05, 0) is 25.8 Å². The molecule has 4 nitrogen and oxygen atoms in total. The number of carbonyl (C=O) groups excluding carboxylic acids is 1. The van der Waals surface area contributed by atoms with Crippen LogP contribution in [0.4, 0.5) is 0 Å². The van der Waals surface area contributed by atoms with Gasteiger partial charge < -0.3 is 14.8 Å². The van der Waals surface area contributed by atoms with Crippen molar-refractivity contribution in [3.05, 3.63) is 0 Å². The van der Waals surface area contributed by atoms with E-state index in [4.69, 9.17) is 9.47 Å². The van der Waals surface area contributed by atoms with E-state index in [-0.39, 0.29) is 12.0 Å². The van der Waals surface area contributed by atoms with Gasteiger partial charge in [-0.25, -0.2) is 0 Å². The summed E-state index contributed by atoms with van der Waals surface area (Å²) in [6.07, 6.45) is 4.16. The molecule has 15 heavy (non-hydrogen) atoms. The van der Waals surface area contributed by atoms with E-state index in [0.717, 1.165) is 38.8 Å². The van der Waals surface area contributed by atoms with E-state index in [9.17, 15) is 4.79 Å². The largest absolute Gasteiger partial charge is 0.462 e. The third-order valence-electron chi connectivity index (χ3n) is 2.42. The number of hydrogen-bond donors (Lipinski definition) is 1. The zero-order valence-electron chi connectivity index (χ0n) is 9.46. The molecule has 0 aromatic carbocycles. The summed E-state index contributed by atoms with van der Waals surface area (Å²) in [5.41, 5.74) is 0. The molecule has 1 heterocycles. The fraction of sp³-hybridized carbons (Fsp3) is 0.909. The minimum Gasteiger partial charge on any atom is -0.462 e. The van der Waals surface area contributed by atoms with E-state index in [1.54, 1.807) is 0 Å². The summed E-state index contributed by atoms with van der Waals surface area (Å²) >= 11 is 0. The van der Waals surface area contributed by atoms with Crippen LogP contribution in [0.3, 0.4) is 0 Å². The van der Waals surface area contributed by atoms with Crippen LogP contribution in [0.25, 0.3) is 0 Å². The Hall–Kier alpha value is -0.610. The fourth-order valence-electron chi connectivity index (χ4n) is 1.60. The van der Waals surface area contributed by atoms with Crippen molar-refractivity contribution in [3.63, 3.8) is 0 Å². The van der Waals surface area contributed by atoms with Crippen LogP contribution in [-0.4, -0.2) is 38.4 Å². The lowest BCUT2D eigenvalue weighted by molar-refractivity contribution is -0.148. The molecule has 1 N–H and O–H groups in total. The number of esters is 1. The van der Waals surface area contributed by atoms with E-state index in [1.165, 1.54) is 0 Å². The van der Waals surface area contributed by atoms with E-state index >= 15 is 0 Å². The maximum absolute atomic E-state index is 11.5. The molecule has 0 aliphatic carbocycles. The molecule has 0 amide bonds. The molecule has 1 atom stereocenters. The molecule has 0 bridgehead atoms. The Kier molecular flexibility index (Phi) is 6.36. The molecule has 88 valence electrons. The number of hydrogen-bond acceptors (Lipinski definition) is 4. The monoisotopic (exact) mass is 215 g/mol. The summed E-state index contributed by atoms with van der Waals surface area (Å²) in [5.74, 6) is -0.130. The van der Waals surface area contributed by atoms with Gasteiger partial charge in [-0.1, -0.05) is 13.3 Å². The molecule has 0 unspecified atom stereocenters. The summed E-state index contributed by atoms with van der Waals surface area (Å²) in [6, 6.07) is -0.0927. The second-order valence-electron chi connectivity index (χ2n) is 3.78. The molecule has 0 spiro atoms. The van der Waals surface area contributed by atoms with Crippen LogP contribution in [0.2, 0.25) is 0 Å². The Morgan fingerprint density at radius 3 is 2.87 bits per heavy atom. The average Bonchev–Trinajstić information content (AvgIpc) is 2.30. The number of rotatable bonds is 6. The van der Waals surface area contributed by atoms with Crippen LogP contribution in [0.1, 0.15) is 32.6 Å². The summed E-state index contributed by atoms with van der Waals surface area (Å²) < 4.78 is 10.3. The van der Waals surface area contributed by atoms with Crippen molar-refractivity contribution in [1.82, 2.24) is 5.32 Å². The second-order valence-corrected chi connectivity index (χ2v) is 3.78. The molecule has 1 aliphatic rings. The van der Waals surface area contributed by atoms with Crippen LogP contribution < -0.4 is 5.32 Å². The van der Waals surface area contributed by atoms with Crippen molar-refractivity contribution < 1.29 is 14.3 Å². The van der Waals surface area contributed by atoms with Crippen LogP contribution in [-0.2, 0) is 14.3 Å². The van der Waals surface area contributed by atoms with Gasteiger partial charge in [0.15, 0.2) is 0 Å². The van der Waals surface area contributed by atoms with Gasteiger partial charge in [-0.15, -0.1) is 0 Å². The SMILES string of the molecule is CCCOCCOC(=O)[C@@H]1CCCCN1. The Morgan fingerprint density at radius 1 is 1.33 bits per heavy atom. The van der Waals surface area contributed by atoms with Crippen molar-refractivity contribution in [3.8, 4) is 0 Å². The standard InChI is InChI=1S/C11H21NO3/c1-2-7-14-8-9-15-11(13)10-5-3-4-6-12-10/h10,12H,2-9H2,1H3/t10-/m0/s1. The molecule has 0 aromatic rings. The zero-order chi connectivity index (χ0) is 10.9. The van der Waals surface area contributed by atoms with Crippen LogP contribution in [0.15, 0.2) is 0 Å². The van der Waals surface area contributed by atoms with Gasteiger partial charge >= 0.3 is 5.97 Å². The molecule has 1 fully saturated rings. The maximum Gasteiger partial charge on any atom is 0.323 e. The topological polar surface area (TPSA) is 47.6 Å². The third kappa shape index (κ3) is 5.14. The number of nitrogens with one attached hydrogen (secondary N) is 1. The van der Waals surface area contributed by atoms with Gasteiger partial charge in [0.25, 0.3) is 0 Å². The Balaban J connectivity index is 2.02. The first kappa shape index (κ1) is 12.5. The van der Waals surface area contributed by atoms with Crippen molar-refractivity contribution in [2.24, 2.45) is 0 Å². The van der Waals surface area contributed by atoms with E-state index in [1.807, 2.05) is 0 Å². The van der Waals surface area contributed by atoms with Crippen LogP contribution >= 0.6 is 0 Å². The van der Waals surface area contributed by atoms with Gasteiger partial charge in [0.1, 0.15) is 12.6 Å². The van der Waals surface area contributed by atoms with Gasteiger partial charge in [0.2, 0.25) is 0 Å². The van der Waals surface area contributed by atoms with Gasteiger partial charge in [0, 0.05) is 6.61 Å². The summed E-state index contributed by atoms with van der Waals surface area (Å²) in [7, 11) is 0. The second kappa shape index (κ2) is 7.65. The smallest absolute Gasteiger partial charge is 0.323 e. The van der Waals surface area contributed by atoms with Crippen molar-refractivity contribution in [2.45, 2.75) is 38.6 Å². The van der Waals surface area contributed by atoms with Gasteiger partial charge in [0.05, 0.1) is 6.61 Å². The maximum atomic E-state index is 11.5. The molecule has 1 saturated heterocycles. The quantitative estimate of drug-likeness (QED) is 0.532. The minimum absolute atomic E-state index is 0.0927. The normalized spacial score (nSPS) is 21.3. The zero-order valence-corrected chi connectivity index (χ0v) is 9.46. The Bertz CT molecular complexity index is 179. The lowest BCUT2D eigenvalue weighted by Gasteiger charge is -2.21. The van der Waals surface area contributed by atoms with E-state index in [2.05, 4.69) is 12.2 Å². The molecule has 0 radical (unpaired) electrons. The first-order valence-corrected chi connectivity index (χ1v) is 5.82. The van der Waals surface area contributed by atoms with Gasteiger partial charge in [-0.2, -0.15) is 0 Å².